The van der Waals surface area contributed by atoms with Crippen molar-refractivity contribution < 1.29 is 14.0 Å². The maximum absolute atomic E-state index is 14.1. The maximum atomic E-state index is 14.1. The molecule has 27 heavy (non-hydrogen) atoms. The normalized spacial score (nSPS) is 11.7. The molecule has 0 saturated carbocycles. The van der Waals surface area contributed by atoms with Crippen LogP contribution in [-0.4, -0.2) is 29.3 Å². The Balaban J connectivity index is 2.31. The average molecular weight is 391 g/mol. The Morgan fingerprint density at radius 2 is 1.89 bits per heavy atom. The highest BCUT2D eigenvalue weighted by molar-refractivity contribution is 6.31. The monoisotopic (exact) mass is 390 g/mol. The Labute approximate surface area is 164 Å². The molecule has 0 spiro atoms. The molecule has 4 nitrogen and oxygen atoms in total. The van der Waals surface area contributed by atoms with Crippen molar-refractivity contribution in [2.45, 2.75) is 39.8 Å². The highest BCUT2D eigenvalue weighted by Crippen LogP contribution is 2.22. The van der Waals surface area contributed by atoms with Crippen molar-refractivity contribution in [2.24, 2.45) is 0 Å². The van der Waals surface area contributed by atoms with Gasteiger partial charge in [-0.05, 0) is 44.0 Å². The van der Waals surface area contributed by atoms with Crippen molar-refractivity contribution in [3.8, 4) is 0 Å². The molecule has 2 aromatic carbocycles. The lowest BCUT2D eigenvalue weighted by Gasteiger charge is -2.29. The maximum Gasteiger partial charge on any atom is 0.242 e. The molecule has 2 rings (SSSR count). The highest BCUT2D eigenvalue weighted by atomic mass is 35.5. The van der Waals surface area contributed by atoms with Crippen molar-refractivity contribution in [1.29, 1.82) is 0 Å². The summed E-state index contributed by atoms with van der Waals surface area (Å²) in [6, 6.07) is 11.3. The van der Waals surface area contributed by atoms with E-state index in [1.54, 1.807) is 13.0 Å². The second-order valence-electron chi connectivity index (χ2n) is 6.40. The van der Waals surface area contributed by atoms with E-state index in [0.717, 1.165) is 11.1 Å². The summed E-state index contributed by atoms with van der Waals surface area (Å²) in [6.07, 6.45) is -0.207. The minimum Gasteiger partial charge on any atom is -0.355 e. The number of hydrogen-bond donors (Lipinski definition) is 1. The third-order valence-corrected chi connectivity index (χ3v) is 4.86. The number of hydrogen-bond acceptors (Lipinski definition) is 2. The van der Waals surface area contributed by atoms with Crippen molar-refractivity contribution in [1.82, 2.24) is 10.2 Å². The van der Waals surface area contributed by atoms with Gasteiger partial charge < -0.3 is 10.2 Å². The summed E-state index contributed by atoms with van der Waals surface area (Å²) < 4.78 is 14.1. The zero-order valence-electron chi connectivity index (χ0n) is 15.8. The van der Waals surface area contributed by atoms with E-state index in [1.165, 1.54) is 17.0 Å². The lowest BCUT2D eigenvalue weighted by molar-refractivity contribution is -0.140. The first kappa shape index (κ1) is 20.9. The number of amides is 2. The van der Waals surface area contributed by atoms with Crippen molar-refractivity contribution in [3.05, 3.63) is 70.0 Å². The molecule has 2 aromatic rings. The first-order valence-electron chi connectivity index (χ1n) is 8.89. The van der Waals surface area contributed by atoms with Crippen LogP contribution in [-0.2, 0) is 22.6 Å². The first-order valence-corrected chi connectivity index (χ1v) is 9.27. The van der Waals surface area contributed by atoms with Crippen LogP contribution in [0, 0.1) is 12.7 Å². The minimum absolute atomic E-state index is 0.141. The zero-order chi connectivity index (χ0) is 20.0. The lowest BCUT2D eigenvalue weighted by Crippen LogP contribution is -2.48. The van der Waals surface area contributed by atoms with Crippen LogP contribution >= 0.6 is 11.6 Å². The van der Waals surface area contributed by atoms with E-state index in [4.69, 9.17) is 11.6 Å². The second kappa shape index (κ2) is 9.51. The van der Waals surface area contributed by atoms with Gasteiger partial charge in [0.05, 0.1) is 6.42 Å². The molecule has 1 atom stereocenters. The molecule has 144 valence electrons. The lowest BCUT2D eigenvalue weighted by atomic mass is 10.1. The number of halogens is 2. The highest BCUT2D eigenvalue weighted by Gasteiger charge is 2.27. The van der Waals surface area contributed by atoms with Crippen LogP contribution in [0.25, 0.3) is 0 Å². The fraction of sp³-hybridized carbons (Fsp3) is 0.333. The van der Waals surface area contributed by atoms with Gasteiger partial charge in [-0.3, -0.25) is 9.59 Å². The van der Waals surface area contributed by atoms with E-state index in [-0.39, 0.29) is 35.4 Å². The number of likely N-dealkylation sites (N-methyl/N-ethyl adjacent to an activating group) is 1. The van der Waals surface area contributed by atoms with Gasteiger partial charge in [-0.25, -0.2) is 4.39 Å². The second-order valence-corrected chi connectivity index (χ2v) is 6.80. The Morgan fingerprint density at radius 1 is 1.19 bits per heavy atom. The van der Waals surface area contributed by atoms with E-state index in [0.29, 0.717) is 6.54 Å². The standard InChI is InChI=1S/C21H24ClFN2O2/c1-4-24-21(27)15(3)25(13-16-9-6-5-8-14(16)2)20(26)12-17-18(22)10-7-11-19(17)23/h5-11,15H,4,12-13H2,1-3H3,(H,24,27)/t15-/m1/s1. The fourth-order valence-electron chi connectivity index (χ4n) is 2.83. The smallest absolute Gasteiger partial charge is 0.242 e. The van der Waals surface area contributed by atoms with Gasteiger partial charge in [0, 0.05) is 23.7 Å². The number of carbonyl (C=O) groups is 2. The van der Waals surface area contributed by atoms with E-state index in [2.05, 4.69) is 5.32 Å². The summed E-state index contributed by atoms with van der Waals surface area (Å²) in [4.78, 5) is 26.8. The molecular formula is C21H24ClFN2O2. The molecular weight excluding hydrogens is 367 g/mol. The molecule has 1 N–H and O–H groups in total. The summed E-state index contributed by atoms with van der Waals surface area (Å²) in [5.41, 5.74) is 2.09. The van der Waals surface area contributed by atoms with Gasteiger partial charge >= 0.3 is 0 Å². The van der Waals surface area contributed by atoms with E-state index < -0.39 is 11.9 Å². The third kappa shape index (κ3) is 5.30. The number of nitrogens with one attached hydrogen (secondary N) is 1. The summed E-state index contributed by atoms with van der Waals surface area (Å²) >= 11 is 6.07. The number of carbonyl (C=O) groups excluding carboxylic acids is 2. The van der Waals surface area contributed by atoms with Gasteiger partial charge in [-0.2, -0.15) is 0 Å². The number of benzene rings is 2. The van der Waals surface area contributed by atoms with Gasteiger partial charge in [0.2, 0.25) is 11.8 Å². The predicted molar refractivity (Wildman–Crippen MR) is 105 cm³/mol. The fourth-order valence-corrected chi connectivity index (χ4v) is 3.06. The van der Waals surface area contributed by atoms with Crippen LogP contribution in [0.5, 0.6) is 0 Å². The van der Waals surface area contributed by atoms with E-state index >= 15 is 0 Å². The molecule has 0 unspecified atom stereocenters. The van der Waals surface area contributed by atoms with Crippen molar-refractivity contribution in [2.75, 3.05) is 6.54 Å². The Bertz CT molecular complexity index is 805. The molecule has 0 aliphatic carbocycles. The van der Waals surface area contributed by atoms with Crippen LogP contribution < -0.4 is 5.32 Å². The zero-order valence-corrected chi connectivity index (χ0v) is 16.5. The molecule has 0 saturated heterocycles. The Morgan fingerprint density at radius 3 is 2.52 bits per heavy atom. The van der Waals surface area contributed by atoms with Crippen LogP contribution in [0.4, 0.5) is 4.39 Å². The van der Waals surface area contributed by atoms with Crippen LogP contribution in [0.1, 0.15) is 30.5 Å². The van der Waals surface area contributed by atoms with Crippen LogP contribution in [0.3, 0.4) is 0 Å². The first-order chi connectivity index (χ1) is 12.8. The third-order valence-electron chi connectivity index (χ3n) is 4.51. The van der Waals surface area contributed by atoms with Gasteiger partial charge in [-0.15, -0.1) is 0 Å². The number of rotatable bonds is 7. The molecule has 6 heteroatoms. The molecule has 0 aliphatic rings. The van der Waals surface area contributed by atoms with Crippen LogP contribution in [0.2, 0.25) is 5.02 Å². The topological polar surface area (TPSA) is 49.4 Å². The summed E-state index contributed by atoms with van der Waals surface area (Å²) in [6.45, 7) is 6.16. The van der Waals surface area contributed by atoms with Gasteiger partial charge in [0.15, 0.2) is 0 Å². The molecule has 0 heterocycles. The average Bonchev–Trinajstić information content (AvgIpc) is 2.63. The summed E-state index contributed by atoms with van der Waals surface area (Å²) in [5, 5.41) is 2.93. The quantitative estimate of drug-likeness (QED) is 0.779. The number of aryl methyl sites for hydroxylation is 1. The van der Waals surface area contributed by atoms with E-state index in [1.807, 2.05) is 38.1 Å². The Kier molecular flexibility index (Phi) is 7.36. The largest absolute Gasteiger partial charge is 0.355 e. The molecule has 0 bridgehead atoms. The number of nitrogens with zero attached hydrogens (tertiary/aromatic N) is 1. The Hall–Kier alpha value is -2.40. The van der Waals surface area contributed by atoms with E-state index in [9.17, 15) is 14.0 Å². The molecule has 0 aliphatic heterocycles. The van der Waals surface area contributed by atoms with Crippen molar-refractivity contribution in [3.63, 3.8) is 0 Å². The van der Waals surface area contributed by atoms with Gasteiger partial charge in [0.25, 0.3) is 0 Å². The summed E-state index contributed by atoms with van der Waals surface area (Å²) in [7, 11) is 0. The van der Waals surface area contributed by atoms with Crippen LogP contribution in [0.15, 0.2) is 42.5 Å². The summed E-state index contributed by atoms with van der Waals surface area (Å²) in [5.74, 6) is -1.14. The van der Waals surface area contributed by atoms with Crippen molar-refractivity contribution >= 4 is 23.4 Å². The predicted octanol–water partition coefficient (Wildman–Crippen LogP) is 3.88. The molecule has 0 aromatic heterocycles. The van der Waals surface area contributed by atoms with Gasteiger partial charge in [-0.1, -0.05) is 41.9 Å². The molecule has 0 fully saturated rings. The molecule has 2 amide bonds. The minimum atomic E-state index is -0.692. The van der Waals surface area contributed by atoms with Gasteiger partial charge in [0.1, 0.15) is 11.9 Å². The SMILES string of the molecule is CCNC(=O)[C@@H](C)N(Cc1ccccc1C)C(=O)Cc1c(F)cccc1Cl. The molecule has 0 radical (unpaired) electrons.